The standard InChI is InChI=1S/C13H12N2O2S/c1-3-8-12-10(17-14-8)7-9(15(2)13(12)16)11-5-4-6-18-11/h4-7H,3H2,1-2H3. The van der Waals surface area contributed by atoms with E-state index in [4.69, 9.17) is 4.52 Å². The van der Waals surface area contributed by atoms with Gasteiger partial charge in [0.25, 0.3) is 5.56 Å². The number of aromatic nitrogens is 2. The second kappa shape index (κ2) is 4.10. The maximum Gasteiger partial charge on any atom is 0.263 e. The summed E-state index contributed by atoms with van der Waals surface area (Å²) < 4.78 is 6.91. The lowest BCUT2D eigenvalue weighted by Crippen LogP contribution is -2.18. The van der Waals surface area contributed by atoms with Gasteiger partial charge in [-0.3, -0.25) is 4.79 Å². The average molecular weight is 260 g/mol. The largest absolute Gasteiger partial charge is 0.356 e. The van der Waals surface area contributed by atoms with Crippen LogP contribution in [0, 0.1) is 0 Å². The van der Waals surface area contributed by atoms with Gasteiger partial charge in [-0.05, 0) is 17.9 Å². The minimum atomic E-state index is -0.0472. The van der Waals surface area contributed by atoms with Gasteiger partial charge in [0.1, 0.15) is 5.39 Å². The molecule has 0 aromatic carbocycles. The van der Waals surface area contributed by atoms with Gasteiger partial charge >= 0.3 is 0 Å². The fourth-order valence-electron chi connectivity index (χ4n) is 2.07. The molecule has 0 fully saturated rings. The summed E-state index contributed by atoms with van der Waals surface area (Å²) in [6.45, 7) is 1.96. The molecular formula is C13H12N2O2S. The molecule has 0 amide bonds. The number of aryl methyl sites for hydroxylation is 1. The van der Waals surface area contributed by atoms with E-state index in [0.29, 0.717) is 17.4 Å². The van der Waals surface area contributed by atoms with Crippen molar-refractivity contribution in [2.75, 3.05) is 0 Å². The molecule has 0 saturated carbocycles. The highest BCUT2D eigenvalue weighted by atomic mass is 32.1. The first-order valence-electron chi connectivity index (χ1n) is 5.74. The highest BCUT2D eigenvalue weighted by Crippen LogP contribution is 2.26. The van der Waals surface area contributed by atoms with Gasteiger partial charge in [0.2, 0.25) is 0 Å². The van der Waals surface area contributed by atoms with Crippen LogP contribution in [0.2, 0.25) is 0 Å². The Kier molecular flexibility index (Phi) is 2.56. The molecule has 0 aliphatic rings. The molecule has 4 nitrogen and oxygen atoms in total. The SMILES string of the molecule is CCc1noc2cc(-c3cccs3)n(C)c(=O)c12. The van der Waals surface area contributed by atoms with Crippen LogP contribution in [0.3, 0.4) is 0 Å². The molecule has 0 atom stereocenters. The number of thiophene rings is 1. The fraction of sp³-hybridized carbons (Fsp3) is 0.231. The maximum atomic E-state index is 12.4. The van der Waals surface area contributed by atoms with E-state index < -0.39 is 0 Å². The van der Waals surface area contributed by atoms with Crippen LogP contribution >= 0.6 is 11.3 Å². The Morgan fingerprint density at radius 1 is 1.50 bits per heavy atom. The van der Waals surface area contributed by atoms with Gasteiger partial charge in [-0.1, -0.05) is 18.1 Å². The van der Waals surface area contributed by atoms with Crippen molar-refractivity contribution in [3.63, 3.8) is 0 Å². The van der Waals surface area contributed by atoms with E-state index in [0.717, 1.165) is 16.3 Å². The molecule has 0 unspecified atom stereocenters. The van der Waals surface area contributed by atoms with Gasteiger partial charge in [-0.2, -0.15) is 0 Å². The summed E-state index contributed by atoms with van der Waals surface area (Å²) in [4.78, 5) is 13.4. The molecule has 0 radical (unpaired) electrons. The van der Waals surface area contributed by atoms with Crippen LogP contribution in [0.15, 0.2) is 32.9 Å². The van der Waals surface area contributed by atoms with Crippen molar-refractivity contribution >= 4 is 22.3 Å². The first kappa shape index (κ1) is 11.2. The second-order valence-electron chi connectivity index (χ2n) is 4.09. The van der Waals surface area contributed by atoms with Crippen LogP contribution in [0.1, 0.15) is 12.6 Å². The van der Waals surface area contributed by atoms with E-state index >= 15 is 0 Å². The molecule has 92 valence electrons. The van der Waals surface area contributed by atoms with E-state index in [-0.39, 0.29) is 5.56 Å². The molecule has 3 heterocycles. The number of hydrogen-bond donors (Lipinski definition) is 0. The average Bonchev–Trinajstić information content (AvgIpc) is 3.01. The van der Waals surface area contributed by atoms with Crippen LogP contribution in [-0.2, 0) is 13.5 Å². The molecule has 0 aliphatic heterocycles. The molecule has 0 aliphatic carbocycles. The summed E-state index contributed by atoms with van der Waals surface area (Å²) in [6.07, 6.45) is 0.695. The van der Waals surface area contributed by atoms with Gasteiger partial charge < -0.3 is 9.09 Å². The fourth-order valence-corrected chi connectivity index (χ4v) is 2.84. The van der Waals surface area contributed by atoms with Crippen LogP contribution in [0.25, 0.3) is 21.5 Å². The van der Waals surface area contributed by atoms with E-state index in [1.807, 2.05) is 30.5 Å². The van der Waals surface area contributed by atoms with E-state index in [2.05, 4.69) is 5.16 Å². The summed E-state index contributed by atoms with van der Waals surface area (Å²) in [5.41, 5.74) is 2.11. The zero-order chi connectivity index (χ0) is 12.7. The van der Waals surface area contributed by atoms with Crippen molar-refractivity contribution in [3.8, 4) is 10.6 Å². The minimum Gasteiger partial charge on any atom is -0.356 e. The third kappa shape index (κ3) is 1.51. The Morgan fingerprint density at radius 3 is 3.00 bits per heavy atom. The van der Waals surface area contributed by atoms with Crippen molar-refractivity contribution in [3.05, 3.63) is 39.6 Å². The lowest BCUT2D eigenvalue weighted by Gasteiger charge is -2.05. The topological polar surface area (TPSA) is 48.0 Å². The van der Waals surface area contributed by atoms with E-state index in [1.54, 1.807) is 23.0 Å². The lowest BCUT2D eigenvalue weighted by molar-refractivity contribution is 0.447. The lowest BCUT2D eigenvalue weighted by atomic mass is 10.2. The minimum absolute atomic E-state index is 0.0472. The molecule has 3 aromatic heterocycles. The third-order valence-corrected chi connectivity index (χ3v) is 3.94. The molecule has 0 spiro atoms. The van der Waals surface area contributed by atoms with Crippen molar-refractivity contribution < 1.29 is 4.52 Å². The van der Waals surface area contributed by atoms with Gasteiger partial charge in [0.05, 0.1) is 16.3 Å². The third-order valence-electron chi connectivity index (χ3n) is 3.05. The Bertz CT molecular complexity index is 753. The molecular weight excluding hydrogens is 248 g/mol. The number of pyridine rings is 1. The van der Waals surface area contributed by atoms with Crippen LogP contribution < -0.4 is 5.56 Å². The monoisotopic (exact) mass is 260 g/mol. The highest BCUT2D eigenvalue weighted by Gasteiger charge is 2.15. The first-order chi connectivity index (χ1) is 8.72. The Hall–Kier alpha value is -1.88. The Labute approximate surface area is 107 Å². The number of fused-ring (bicyclic) bond motifs is 1. The van der Waals surface area contributed by atoms with Crippen LogP contribution in [0.5, 0.6) is 0 Å². The zero-order valence-corrected chi connectivity index (χ0v) is 11.0. The van der Waals surface area contributed by atoms with Crippen molar-refractivity contribution in [2.45, 2.75) is 13.3 Å². The normalized spacial score (nSPS) is 11.2. The molecule has 0 saturated heterocycles. The number of nitrogens with zero attached hydrogens (tertiary/aromatic N) is 2. The summed E-state index contributed by atoms with van der Waals surface area (Å²) in [6, 6.07) is 5.84. The van der Waals surface area contributed by atoms with E-state index in [1.165, 1.54) is 0 Å². The Balaban J connectivity index is 2.38. The van der Waals surface area contributed by atoms with Gasteiger partial charge in [0, 0.05) is 13.1 Å². The molecule has 3 rings (SSSR count). The number of rotatable bonds is 2. The molecule has 0 N–H and O–H groups in total. The summed E-state index contributed by atoms with van der Waals surface area (Å²) in [5, 5.41) is 6.54. The second-order valence-corrected chi connectivity index (χ2v) is 5.04. The molecule has 3 aromatic rings. The van der Waals surface area contributed by atoms with Crippen LogP contribution in [-0.4, -0.2) is 9.72 Å². The molecule has 18 heavy (non-hydrogen) atoms. The molecule has 0 bridgehead atoms. The summed E-state index contributed by atoms with van der Waals surface area (Å²) in [7, 11) is 1.78. The predicted octanol–water partition coefficient (Wildman–Crippen LogP) is 2.82. The summed E-state index contributed by atoms with van der Waals surface area (Å²) in [5.74, 6) is 0. The van der Waals surface area contributed by atoms with E-state index in [9.17, 15) is 4.79 Å². The highest BCUT2D eigenvalue weighted by molar-refractivity contribution is 7.13. The van der Waals surface area contributed by atoms with Crippen molar-refractivity contribution in [1.82, 2.24) is 9.72 Å². The summed E-state index contributed by atoms with van der Waals surface area (Å²) >= 11 is 1.60. The quantitative estimate of drug-likeness (QED) is 0.712. The van der Waals surface area contributed by atoms with Crippen LogP contribution in [0.4, 0.5) is 0 Å². The molecule has 5 heteroatoms. The zero-order valence-electron chi connectivity index (χ0n) is 10.1. The Morgan fingerprint density at radius 2 is 2.33 bits per heavy atom. The first-order valence-corrected chi connectivity index (χ1v) is 6.62. The smallest absolute Gasteiger partial charge is 0.263 e. The van der Waals surface area contributed by atoms with Crippen molar-refractivity contribution in [2.24, 2.45) is 7.05 Å². The number of hydrogen-bond acceptors (Lipinski definition) is 4. The van der Waals surface area contributed by atoms with Crippen molar-refractivity contribution in [1.29, 1.82) is 0 Å². The van der Waals surface area contributed by atoms with Gasteiger partial charge in [-0.25, -0.2) is 0 Å². The van der Waals surface area contributed by atoms with Gasteiger partial charge in [0.15, 0.2) is 5.58 Å². The maximum absolute atomic E-state index is 12.4. The van der Waals surface area contributed by atoms with Gasteiger partial charge in [-0.15, -0.1) is 11.3 Å². The predicted molar refractivity (Wildman–Crippen MR) is 71.9 cm³/mol.